The van der Waals surface area contributed by atoms with Crippen molar-refractivity contribution in [3.05, 3.63) is 120 Å². The molecule has 132 heavy (non-hydrogen) atoms. The maximum atomic E-state index is 15.4. The molecule has 9 rings (SSSR count). The van der Waals surface area contributed by atoms with Gasteiger partial charge in [-0.25, -0.2) is 9.78 Å². The van der Waals surface area contributed by atoms with Gasteiger partial charge in [0.2, 0.25) is 88.6 Å². The Balaban J connectivity index is 0.00000294. The number of rotatable bonds is 46. The number of aromatic amines is 3. The molecule has 0 radical (unpaired) electrons. The molecule has 3 aliphatic rings. The lowest BCUT2D eigenvalue weighted by Crippen LogP contribution is -2.61. The molecule has 0 bridgehead atoms. The van der Waals surface area contributed by atoms with E-state index in [1.165, 1.54) is 46.6 Å². The van der Waals surface area contributed by atoms with Crippen molar-refractivity contribution in [2.75, 3.05) is 45.9 Å². The maximum Gasteiger partial charge on any atom is 0.490 e. The molecule has 3 aromatic carbocycles. The third-order valence-corrected chi connectivity index (χ3v) is 21.9. The van der Waals surface area contributed by atoms with Gasteiger partial charge in [-0.3, -0.25) is 82.7 Å². The van der Waals surface area contributed by atoms with Crippen molar-refractivity contribution in [2.24, 2.45) is 29.0 Å². The number of phenols is 1. The molecule has 716 valence electrons. The number of guanidine groups is 2. The highest BCUT2D eigenvalue weighted by Crippen LogP contribution is 2.26. The first-order chi connectivity index (χ1) is 62.7. The van der Waals surface area contributed by atoms with E-state index in [0.717, 1.165) is 0 Å². The second-order valence-electron chi connectivity index (χ2n) is 33.0. The number of aromatic nitrogens is 4. The molecule has 44 nitrogen and oxygen atoms in total. The average Bonchev–Trinajstić information content (AvgIpc) is 1.62. The number of fused-ring (bicyclic) bond motifs is 2. The van der Waals surface area contributed by atoms with Crippen LogP contribution in [0.25, 0.3) is 21.8 Å². The monoisotopic (exact) mass is 1850 g/mol. The van der Waals surface area contributed by atoms with Gasteiger partial charge in [-0.2, -0.15) is 13.2 Å². The zero-order valence-corrected chi connectivity index (χ0v) is 73.2. The molecule has 28 N–H and O–H groups in total. The molecular weight excluding hydrogens is 1730 g/mol. The number of nitrogens with one attached hydrogen (secondary N) is 19. The number of hydrogen-bond acceptors (Lipinski definition) is 21. The largest absolute Gasteiger partial charge is 0.508 e. The first-order valence-corrected chi connectivity index (χ1v) is 43.0. The van der Waals surface area contributed by atoms with Gasteiger partial charge < -0.3 is 132 Å². The fraction of sp³-hybridized carbons (Fsp3) is 0.494. The molecule has 47 heteroatoms. The molecule has 6 heterocycles. The summed E-state index contributed by atoms with van der Waals surface area (Å²) in [5.41, 5.74) is 19.5. The van der Waals surface area contributed by atoms with Gasteiger partial charge >= 0.3 is 12.1 Å². The molecule has 0 spiro atoms. The molecule has 12 atom stereocenters. The summed E-state index contributed by atoms with van der Waals surface area (Å²) in [7, 11) is 0. The topological polar surface area (TPSA) is 695 Å². The molecule has 3 aromatic heterocycles. The molecule has 15 amide bonds. The number of hydrogen-bond donors (Lipinski definition) is 25. The number of carbonyl (C=O) groups excluding carboxylic acids is 15. The number of aliphatic hydroxyl groups excluding tert-OH is 1. The number of aliphatic carboxylic acids is 1. The normalized spacial score (nSPS) is 16.7. The first-order valence-electron chi connectivity index (χ1n) is 43.0. The minimum absolute atomic E-state index is 0.00974. The van der Waals surface area contributed by atoms with Crippen LogP contribution in [0.2, 0.25) is 0 Å². The number of aromatic hydroxyl groups is 1. The quantitative estimate of drug-likeness (QED) is 0.0102. The summed E-state index contributed by atoms with van der Waals surface area (Å²) in [5.74, 6) is -16.0. The summed E-state index contributed by atoms with van der Waals surface area (Å²) < 4.78 is 31.7. The molecule has 0 saturated carbocycles. The number of amides is 15. The number of halogens is 3. The number of nitrogens with zero attached hydrogens (tertiary/aromatic N) is 3. The number of H-pyrrole nitrogens is 3. The Morgan fingerprint density at radius 1 is 0.515 bits per heavy atom. The number of imidazole rings is 1. The van der Waals surface area contributed by atoms with Crippen molar-refractivity contribution in [1.29, 1.82) is 10.8 Å². The van der Waals surface area contributed by atoms with Crippen LogP contribution >= 0.6 is 0 Å². The van der Waals surface area contributed by atoms with Crippen LogP contribution in [-0.2, 0) is 102 Å². The zero-order chi connectivity index (χ0) is 96.6. The number of carboxylic acids is 1. The Bertz CT molecular complexity index is 5090. The highest BCUT2D eigenvalue weighted by atomic mass is 19.4. The van der Waals surface area contributed by atoms with E-state index in [1.807, 2.05) is 0 Å². The lowest BCUT2D eigenvalue weighted by molar-refractivity contribution is -0.192. The fourth-order valence-electron chi connectivity index (χ4n) is 15.4. The van der Waals surface area contributed by atoms with Crippen molar-refractivity contribution in [1.82, 2.24) is 104 Å². The molecule has 3 aliphatic heterocycles. The number of alkyl halides is 3. The van der Waals surface area contributed by atoms with Crippen LogP contribution < -0.4 is 91.6 Å². The van der Waals surface area contributed by atoms with E-state index in [4.69, 9.17) is 37.9 Å². The van der Waals surface area contributed by atoms with Gasteiger partial charge in [-0.05, 0) is 123 Å². The summed E-state index contributed by atoms with van der Waals surface area (Å²) in [4.78, 5) is 237. The number of carboxylic acid groups (broad SMARTS) is 1. The Labute approximate surface area is 755 Å². The number of para-hydroxylation sites is 2. The zero-order valence-electron chi connectivity index (χ0n) is 73.2. The molecule has 3 fully saturated rings. The first kappa shape index (κ1) is 103. The molecule has 3 saturated heterocycles. The van der Waals surface area contributed by atoms with Crippen molar-refractivity contribution in [3.63, 3.8) is 0 Å². The van der Waals surface area contributed by atoms with Crippen molar-refractivity contribution >= 4 is 128 Å². The Hall–Kier alpha value is -14.4. The van der Waals surface area contributed by atoms with Crippen LogP contribution in [0.15, 0.2) is 97.7 Å². The Morgan fingerprint density at radius 2 is 0.932 bits per heavy atom. The highest BCUT2D eigenvalue weighted by molar-refractivity contribution is 6.01. The fourth-order valence-corrected chi connectivity index (χ4v) is 15.4. The lowest BCUT2D eigenvalue weighted by atomic mass is 9.99. The number of benzene rings is 3. The molecule has 12 unspecified atom stereocenters. The Morgan fingerprint density at radius 3 is 1.36 bits per heavy atom. The van der Waals surface area contributed by atoms with Gasteiger partial charge in [0.05, 0.1) is 26.0 Å². The van der Waals surface area contributed by atoms with Gasteiger partial charge in [0, 0.05) is 104 Å². The van der Waals surface area contributed by atoms with Crippen LogP contribution in [0.3, 0.4) is 0 Å². The highest BCUT2D eigenvalue weighted by Gasteiger charge is 2.44. The SMILES string of the molecule is CC(C)CC(NC(=O)CNC(=O)C1CCCN1C(=O)C(CCCNC(=N)N)NC(=O)C(CC(C)C)NC(=O)C(Cc1c[nH]c2ccccc12)NC(=O)C(Cc1ccc(O)cc1)NC(=O)C(CO)NC(=O)C(Cc1c[nH]c2ccccc12)NC(=O)C(Cc1cnc[nH]1)NC(=O)C1CCC(=O)N1)C(=O)NC(CCCNC(=N)N)C(=O)N1CCCC1C(=O)NCC(N)=O.O=C(O)C(F)(F)F. The number of phenolic OH excluding ortho intramolecular Hbond substituents is 1. The number of primary amides is 1. The minimum Gasteiger partial charge on any atom is -0.508 e. The van der Waals surface area contributed by atoms with Gasteiger partial charge in [0.1, 0.15) is 78.3 Å². The summed E-state index contributed by atoms with van der Waals surface area (Å²) in [6.07, 6.45) is 1.60. The van der Waals surface area contributed by atoms with Gasteiger partial charge in [-0.15, -0.1) is 0 Å². The summed E-state index contributed by atoms with van der Waals surface area (Å²) in [5, 5.41) is 82.5. The standard InChI is InChI=1S/C83H115N25O17.C2HF3O2/c1-44(2)31-58(71(115)99-56(17-9-27-90-82(85)86)80(124)107-29-11-19-65(107)78(122)94-40-67(84)111)98-69(113)41-95-79(123)66-20-12-30-108(66)81(125)57(18-10-28-91-83(87)88)100-72(116)59(32-45(3)4)101-74(118)61(34-47-37-92-53-15-7-5-13-51(47)53)103-73(117)60(33-46-21-23-50(110)24-22-46)102-77(121)64(42-109)106-75(119)62(35-48-38-93-54-16-8-6-14-52(48)54)104-76(120)63(36-49-39-89-43-96-49)105-70(114)55-25-26-68(112)97-55;3-2(4,5)1(6)7/h5-8,13-16,21-24,37-39,43-45,55-66,92-93,109-110H,9-12,17-20,25-36,40-42H2,1-4H3,(H2,84,111)(H,89,96)(H,94,122)(H,95,123)(H,97,112)(H,98,113)(H,99,115)(H,100,116)(H,101,118)(H,102,121)(H,103,117)(H,104,120)(H,105,114)(H,106,119)(H4,85,86,90)(H4,87,88,91);(H,6,7). The number of aliphatic hydroxyl groups is 1. The van der Waals surface area contributed by atoms with Gasteiger partial charge in [-0.1, -0.05) is 76.2 Å². The smallest absolute Gasteiger partial charge is 0.490 e. The van der Waals surface area contributed by atoms with Gasteiger partial charge in [0.15, 0.2) is 11.9 Å². The third kappa shape index (κ3) is 31.5. The van der Waals surface area contributed by atoms with E-state index in [0.29, 0.717) is 57.0 Å². The second-order valence-corrected chi connectivity index (χ2v) is 33.0. The number of likely N-dealkylation sites (tertiary alicyclic amines) is 2. The average molecular weight is 1850 g/mol. The molecular formula is C85H116F3N25O19. The van der Waals surface area contributed by atoms with E-state index in [-0.39, 0.29) is 151 Å². The Kier molecular flexibility index (Phi) is 38.5. The predicted octanol–water partition coefficient (Wildman–Crippen LogP) is -3.07. The molecule has 0 aliphatic carbocycles. The minimum atomic E-state index is -5.08. The number of nitrogens with two attached hydrogens (primary N) is 3. The predicted molar refractivity (Wildman–Crippen MR) is 469 cm³/mol. The van der Waals surface area contributed by atoms with E-state index in [1.54, 1.807) is 88.6 Å². The van der Waals surface area contributed by atoms with Gasteiger partial charge in [0.25, 0.3) is 0 Å². The summed E-state index contributed by atoms with van der Waals surface area (Å²) >= 11 is 0. The third-order valence-electron chi connectivity index (χ3n) is 21.9. The van der Waals surface area contributed by atoms with Crippen LogP contribution in [0.1, 0.15) is 127 Å². The lowest BCUT2D eigenvalue weighted by Gasteiger charge is -2.31. The van der Waals surface area contributed by atoms with Crippen molar-refractivity contribution in [2.45, 2.75) is 209 Å². The summed E-state index contributed by atoms with van der Waals surface area (Å²) in [6.45, 7) is 5.26. The van der Waals surface area contributed by atoms with Crippen molar-refractivity contribution in [3.8, 4) is 5.75 Å². The second kappa shape index (κ2) is 49.4. The van der Waals surface area contributed by atoms with E-state index in [9.17, 15) is 76.1 Å². The van der Waals surface area contributed by atoms with E-state index < -0.39 is 187 Å². The van der Waals surface area contributed by atoms with Crippen LogP contribution in [-0.4, -0.2) is 276 Å². The number of carbonyl (C=O) groups is 16. The van der Waals surface area contributed by atoms with E-state index >= 15 is 19.2 Å². The van der Waals surface area contributed by atoms with Crippen LogP contribution in [0.5, 0.6) is 5.75 Å². The molecule has 6 aromatic rings. The van der Waals surface area contributed by atoms with Crippen LogP contribution in [0.4, 0.5) is 13.2 Å². The van der Waals surface area contributed by atoms with Crippen LogP contribution in [0, 0.1) is 22.7 Å². The maximum absolute atomic E-state index is 15.4. The van der Waals surface area contributed by atoms with E-state index in [2.05, 4.69) is 94.4 Å². The summed E-state index contributed by atoms with van der Waals surface area (Å²) in [6, 6.07) is 3.35. The van der Waals surface area contributed by atoms with Crippen molar-refractivity contribution < 1.29 is 105 Å².